The summed E-state index contributed by atoms with van der Waals surface area (Å²) in [5.74, 6) is -1.16. The van der Waals surface area contributed by atoms with Crippen molar-refractivity contribution in [1.29, 1.82) is 0 Å². The smallest absolute Gasteiger partial charge is 0.325 e. The SMILES string of the molecule is CCOC(=O)[C@H](C)N(O)[C@@H](C)C(=O)OCC. The maximum atomic E-state index is 11.3. The van der Waals surface area contributed by atoms with Crippen molar-refractivity contribution in [2.45, 2.75) is 39.8 Å². The molecule has 0 bridgehead atoms. The molecule has 0 saturated carbocycles. The number of carbonyl (C=O) groups excluding carboxylic acids is 2. The van der Waals surface area contributed by atoms with Crippen LogP contribution in [0.4, 0.5) is 0 Å². The summed E-state index contributed by atoms with van der Waals surface area (Å²) in [7, 11) is 0. The van der Waals surface area contributed by atoms with E-state index in [1.807, 2.05) is 0 Å². The van der Waals surface area contributed by atoms with Gasteiger partial charge in [-0.15, -0.1) is 0 Å². The molecule has 0 aromatic heterocycles. The van der Waals surface area contributed by atoms with Gasteiger partial charge in [0.2, 0.25) is 0 Å². The van der Waals surface area contributed by atoms with Crippen molar-refractivity contribution < 1.29 is 24.3 Å². The molecule has 0 radical (unpaired) electrons. The van der Waals surface area contributed by atoms with Gasteiger partial charge in [0.05, 0.1) is 13.2 Å². The summed E-state index contributed by atoms with van der Waals surface area (Å²) in [5.41, 5.74) is 0. The van der Waals surface area contributed by atoms with E-state index in [0.717, 1.165) is 0 Å². The number of hydrogen-bond acceptors (Lipinski definition) is 6. The highest BCUT2D eigenvalue weighted by Crippen LogP contribution is 2.05. The first-order valence-electron chi connectivity index (χ1n) is 5.26. The second-order valence-corrected chi connectivity index (χ2v) is 3.24. The third-order valence-electron chi connectivity index (χ3n) is 2.05. The molecule has 1 N–H and O–H groups in total. The molecule has 0 unspecified atom stereocenters. The molecule has 0 spiro atoms. The predicted octanol–water partition coefficient (Wildman–Crippen LogP) is 0.581. The molecule has 94 valence electrons. The van der Waals surface area contributed by atoms with Crippen LogP contribution in [0.5, 0.6) is 0 Å². The van der Waals surface area contributed by atoms with Crippen LogP contribution in [-0.2, 0) is 19.1 Å². The number of nitrogens with zero attached hydrogens (tertiary/aromatic N) is 1. The van der Waals surface area contributed by atoms with Crippen molar-refractivity contribution in [2.75, 3.05) is 13.2 Å². The Labute approximate surface area is 95.1 Å². The highest BCUT2D eigenvalue weighted by molar-refractivity contribution is 5.78. The van der Waals surface area contributed by atoms with Crippen molar-refractivity contribution >= 4 is 11.9 Å². The van der Waals surface area contributed by atoms with Gasteiger partial charge in [0, 0.05) is 0 Å². The fourth-order valence-electron chi connectivity index (χ4n) is 1.08. The molecule has 0 rings (SSSR count). The average Bonchev–Trinajstić information content (AvgIpc) is 2.26. The van der Waals surface area contributed by atoms with E-state index in [1.165, 1.54) is 13.8 Å². The Morgan fingerprint density at radius 3 is 1.62 bits per heavy atom. The number of hydrogen-bond donors (Lipinski definition) is 1. The normalized spacial score (nSPS) is 14.4. The van der Waals surface area contributed by atoms with Crippen LogP contribution in [0.2, 0.25) is 0 Å². The number of rotatable bonds is 6. The number of esters is 2. The van der Waals surface area contributed by atoms with E-state index in [0.29, 0.717) is 5.06 Å². The molecule has 0 aliphatic heterocycles. The largest absolute Gasteiger partial charge is 0.465 e. The van der Waals surface area contributed by atoms with E-state index in [1.54, 1.807) is 13.8 Å². The Morgan fingerprint density at radius 1 is 1.06 bits per heavy atom. The summed E-state index contributed by atoms with van der Waals surface area (Å²) >= 11 is 0. The Morgan fingerprint density at radius 2 is 1.38 bits per heavy atom. The first-order chi connectivity index (χ1) is 7.45. The molecule has 0 aromatic rings. The van der Waals surface area contributed by atoms with E-state index >= 15 is 0 Å². The fraction of sp³-hybridized carbons (Fsp3) is 0.800. The number of hydroxylamine groups is 2. The lowest BCUT2D eigenvalue weighted by atomic mass is 10.2. The minimum atomic E-state index is -0.903. The average molecular weight is 233 g/mol. The molecule has 16 heavy (non-hydrogen) atoms. The van der Waals surface area contributed by atoms with E-state index in [4.69, 9.17) is 9.47 Å². The molecule has 6 nitrogen and oxygen atoms in total. The first-order valence-corrected chi connectivity index (χ1v) is 5.26. The van der Waals surface area contributed by atoms with Crippen LogP contribution in [0.15, 0.2) is 0 Å². The maximum absolute atomic E-state index is 11.3. The van der Waals surface area contributed by atoms with Crippen molar-refractivity contribution in [3.05, 3.63) is 0 Å². The Bertz CT molecular complexity index is 219. The summed E-state index contributed by atoms with van der Waals surface area (Å²) in [6.45, 7) is 6.69. The lowest BCUT2D eigenvalue weighted by Crippen LogP contribution is -2.47. The van der Waals surface area contributed by atoms with Crippen molar-refractivity contribution in [3.8, 4) is 0 Å². The minimum absolute atomic E-state index is 0.227. The van der Waals surface area contributed by atoms with Crippen LogP contribution < -0.4 is 0 Å². The van der Waals surface area contributed by atoms with Crippen LogP contribution in [-0.4, -0.2) is 47.5 Å². The van der Waals surface area contributed by atoms with Gasteiger partial charge in [-0.2, -0.15) is 5.06 Å². The molecule has 0 aliphatic rings. The van der Waals surface area contributed by atoms with E-state index in [2.05, 4.69) is 0 Å². The Balaban J connectivity index is 4.36. The molecule has 0 saturated heterocycles. The molecule has 0 aromatic carbocycles. The van der Waals surface area contributed by atoms with Gasteiger partial charge in [-0.25, -0.2) is 0 Å². The third-order valence-corrected chi connectivity index (χ3v) is 2.05. The standard InChI is InChI=1S/C10H19NO5/c1-5-15-9(12)7(3)11(14)8(4)10(13)16-6-2/h7-8,14H,5-6H2,1-4H3/t7-,8-/m0/s1. The second-order valence-electron chi connectivity index (χ2n) is 3.24. The van der Waals surface area contributed by atoms with Gasteiger partial charge in [-0.1, -0.05) is 0 Å². The van der Waals surface area contributed by atoms with Gasteiger partial charge in [0.15, 0.2) is 0 Å². The van der Waals surface area contributed by atoms with Crippen LogP contribution in [0, 0.1) is 0 Å². The fourth-order valence-corrected chi connectivity index (χ4v) is 1.08. The summed E-state index contributed by atoms with van der Waals surface area (Å²) in [6, 6.07) is -1.81. The van der Waals surface area contributed by atoms with Crippen molar-refractivity contribution in [2.24, 2.45) is 0 Å². The lowest BCUT2D eigenvalue weighted by molar-refractivity contribution is -0.194. The first kappa shape index (κ1) is 14.9. The molecule has 0 heterocycles. The zero-order valence-corrected chi connectivity index (χ0v) is 10.1. The molecular formula is C10H19NO5. The van der Waals surface area contributed by atoms with Crippen LogP contribution in [0.1, 0.15) is 27.7 Å². The van der Waals surface area contributed by atoms with E-state index in [-0.39, 0.29) is 13.2 Å². The molecule has 0 amide bonds. The summed E-state index contributed by atoms with van der Waals surface area (Å²) in [4.78, 5) is 22.6. The molecule has 2 atom stereocenters. The van der Waals surface area contributed by atoms with Crippen molar-refractivity contribution in [1.82, 2.24) is 5.06 Å². The van der Waals surface area contributed by atoms with Crippen molar-refractivity contribution in [3.63, 3.8) is 0 Å². The minimum Gasteiger partial charge on any atom is -0.465 e. The quantitative estimate of drug-likeness (QED) is 0.534. The molecule has 0 fully saturated rings. The van der Waals surface area contributed by atoms with Gasteiger partial charge < -0.3 is 14.7 Å². The lowest BCUT2D eigenvalue weighted by Gasteiger charge is -2.25. The monoisotopic (exact) mass is 233 g/mol. The topological polar surface area (TPSA) is 76.1 Å². The predicted molar refractivity (Wildman–Crippen MR) is 55.8 cm³/mol. The summed E-state index contributed by atoms with van der Waals surface area (Å²) < 4.78 is 9.44. The van der Waals surface area contributed by atoms with E-state index in [9.17, 15) is 14.8 Å². The number of carbonyl (C=O) groups is 2. The highest BCUT2D eigenvalue weighted by atomic mass is 16.6. The zero-order chi connectivity index (χ0) is 12.7. The maximum Gasteiger partial charge on any atom is 0.325 e. The van der Waals surface area contributed by atoms with Gasteiger partial charge in [0.25, 0.3) is 0 Å². The Kier molecular flexibility index (Phi) is 6.67. The second kappa shape index (κ2) is 7.19. The third kappa shape index (κ3) is 4.16. The van der Waals surface area contributed by atoms with E-state index < -0.39 is 24.0 Å². The Hall–Kier alpha value is -1.14. The molecule has 0 aliphatic carbocycles. The highest BCUT2D eigenvalue weighted by Gasteiger charge is 2.30. The summed E-state index contributed by atoms with van der Waals surface area (Å²) in [6.07, 6.45) is 0. The van der Waals surface area contributed by atoms with Crippen LogP contribution in [0.25, 0.3) is 0 Å². The van der Waals surface area contributed by atoms with Crippen LogP contribution >= 0.6 is 0 Å². The molecule has 6 heteroatoms. The summed E-state index contributed by atoms with van der Waals surface area (Å²) in [5, 5.41) is 10.2. The zero-order valence-electron chi connectivity index (χ0n) is 10.1. The van der Waals surface area contributed by atoms with Gasteiger partial charge in [-0.05, 0) is 27.7 Å². The number of ether oxygens (including phenoxy) is 2. The van der Waals surface area contributed by atoms with Gasteiger partial charge in [-0.3, -0.25) is 9.59 Å². The molecular weight excluding hydrogens is 214 g/mol. The van der Waals surface area contributed by atoms with Crippen LogP contribution in [0.3, 0.4) is 0 Å². The van der Waals surface area contributed by atoms with Gasteiger partial charge >= 0.3 is 11.9 Å². The van der Waals surface area contributed by atoms with Gasteiger partial charge in [0.1, 0.15) is 12.1 Å².